The first-order valence-corrected chi connectivity index (χ1v) is 3.84. The van der Waals surface area contributed by atoms with Gasteiger partial charge >= 0.3 is 0 Å². The van der Waals surface area contributed by atoms with Gasteiger partial charge in [0.15, 0.2) is 0 Å². The second-order valence-electron chi connectivity index (χ2n) is 3.07. The van der Waals surface area contributed by atoms with Crippen LogP contribution in [0, 0.1) is 5.92 Å². The van der Waals surface area contributed by atoms with Crippen LogP contribution in [0.3, 0.4) is 0 Å². The van der Waals surface area contributed by atoms with Crippen LogP contribution in [-0.4, -0.2) is 11.2 Å². The molecule has 0 radical (unpaired) electrons. The molecule has 0 aromatic heterocycles. The smallest absolute Gasteiger partial charge is 0.0542 e. The van der Waals surface area contributed by atoms with Crippen molar-refractivity contribution in [3.8, 4) is 0 Å². The number of rotatable bonds is 4. The van der Waals surface area contributed by atoms with Gasteiger partial charge in [-0.25, -0.2) is 0 Å². The third kappa shape index (κ3) is 5.84. The Morgan fingerprint density at radius 1 is 1.33 bits per heavy atom. The molecule has 9 heavy (non-hydrogen) atoms. The molecule has 0 unspecified atom stereocenters. The minimum Gasteiger partial charge on any atom is -0.393 e. The van der Waals surface area contributed by atoms with E-state index >= 15 is 0 Å². The number of hydrogen-bond donors (Lipinski definition) is 1. The van der Waals surface area contributed by atoms with Gasteiger partial charge < -0.3 is 5.11 Å². The highest BCUT2D eigenvalue weighted by Gasteiger charge is 2.03. The van der Waals surface area contributed by atoms with Crippen LogP contribution >= 0.6 is 0 Å². The van der Waals surface area contributed by atoms with E-state index in [0.717, 1.165) is 19.3 Å². The summed E-state index contributed by atoms with van der Waals surface area (Å²) >= 11 is 0. The Morgan fingerprint density at radius 3 is 2.22 bits per heavy atom. The summed E-state index contributed by atoms with van der Waals surface area (Å²) in [5.74, 6) is 0.631. The first kappa shape index (κ1) is 8.96. The summed E-state index contributed by atoms with van der Waals surface area (Å²) in [7, 11) is 0. The highest BCUT2D eigenvalue weighted by atomic mass is 16.3. The predicted molar refractivity (Wildman–Crippen MR) is 40.4 cm³/mol. The van der Waals surface area contributed by atoms with Crippen LogP contribution < -0.4 is 0 Å². The minimum atomic E-state index is -0.0602. The lowest BCUT2D eigenvalue weighted by molar-refractivity contribution is 0.138. The van der Waals surface area contributed by atoms with Gasteiger partial charge in [-0.05, 0) is 18.8 Å². The fraction of sp³-hybridized carbons (Fsp3) is 1.00. The second kappa shape index (κ2) is 4.80. The third-order valence-corrected chi connectivity index (χ3v) is 1.37. The molecule has 0 saturated heterocycles. The Hall–Kier alpha value is -0.0400. The van der Waals surface area contributed by atoms with E-state index in [0.29, 0.717) is 5.92 Å². The molecule has 0 aliphatic rings. The van der Waals surface area contributed by atoms with Crippen molar-refractivity contribution in [2.75, 3.05) is 0 Å². The van der Waals surface area contributed by atoms with Crippen molar-refractivity contribution in [2.24, 2.45) is 5.92 Å². The maximum atomic E-state index is 9.22. The average Bonchev–Trinajstić information content (AvgIpc) is 1.63. The lowest BCUT2D eigenvalue weighted by Crippen LogP contribution is -2.08. The highest BCUT2D eigenvalue weighted by molar-refractivity contribution is 4.56. The topological polar surface area (TPSA) is 20.2 Å². The second-order valence-corrected chi connectivity index (χ2v) is 3.07. The quantitative estimate of drug-likeness (QED) is 0.618. The summed E-state index contributed by atoms with van der Waals surface area (Å²) in [5.41, 5.74) is 0. The Kier molecular flexibility index (Phi) is 4.78. The van der Waals surface area contributed by atoms with Gasteiger partial charge in [-0.3, -0.25) is 0 Å². The van der Waals surface area contributed by atoms with Gasteiger partial charge in [0.1, 0.15) is 0 Å². The van der Waals surface area contributed by atoms with Gasteiger partial charge in [-0.1, -0.05) is 27.2 Å². The van der Waals surface area contributed by atoms with Crippen molar-refractivity contribution in [1.82, 2.24) is 0 Å². The summed E-state index contributed by atoms with van der Waals surface area (Å²) in [6, 6.07) is 0. The van der Waals surface area contributed by atoms with Crippen LogP contribution in [0.25, 0.3) is 0 Å². The zero-order valence-corrected chi connectivity index (χ0v) is 6.72. The third-order valence-electron chi connectivity index (χ3n) is 1.37. The molecule has 0 heterocycles. The van der Waals surface area contributed by atoms with E-state index in [9.17, 15) is 5.11 Å². The van der Waals surface area contributed by atoms with Gasteiger partial charge in [-0.15, -0.1) is 0 Å². The number of aliphatic hydroxyl groups is 1. The lowest BCUT2D eigenvalue weighted by atomic mass is 10.0. The van der Waals surface area contributed by atoms with E-state index < -0.39 is 0 Å². The molecule has 0 aromatic carbocycles. The van der Waals surface area contributed by atoms with Crippen molar-refractivity contribution < 1.29 is 5.11 Å². The van der Waals surface area contributed by atoms with E-state index in [1.54, 1.807) is 0 Å². The molecule has 0 amide bonds. The molecular weight excluding hydrogens is 112 g/mol. The first-order valence-electron chi connectivity index (χ1n) is 3.84. The van der Waals surface area contributed by atoms with Crippen LogP contribution in [-0.2, 0) is 0 Å². The molecule has 0 saturated carbocycles. The maximum Gasteiger partial charge on any atom is 0.0542 e. The summed E-state index contributed by atoms with van der Waals surface area (Å²) < 4.78 is 0. The zero-order valence-electron chi connectivity index (χ0n) is 6.72. The number of aliphatic hydroxyl groups excluding tert-OH is 1. The van der Waals surface area contributed by atoms with Crippen molar-refractivity contribution in [3.05, 3.63) is 0 Å². The fourth-order valence-electron chi connectivity index (χ4n) is 0.995. The minimum absolute atomic E-state index is 0.0602. The van der Waals surface area contributed by atoms with Crippen molar-refractivity contribution in [2.45, 2.75) is 46.1 Å². The fourth-order valence-corrected chi connectivity index (χ4v) is 0.995. The lowest BCUT2D eigenvalue weighted by Gasteiger charge is -2.10. The van der Waals surface area contributed by atoms with E-state index in [4.69, 9.17) is 0 Å². The zero-order chi connectivity index (χ0) is 7.28. The van der Waals surface area contributed by atoms with E-state index in [-0.39, 0.29) is 6.10 Å². The van der Waals surface area contributed by atoms with Gasteiger partial charge in [0.05, 0.1) is 6.10 Å². The maximum absolute atomic E-state index is 9.22. The predicted octanol–water partition coefficient (Wildman–Crippen LogP) is 2.19. The first-order chi connectivity index (χ1) is 4.16. The molecule has 1 heteroatoms. The molecule has 0 aliphatic heterocycles. The standard InChI is InChI=1S/C8H18O/c1-4-5-8(9)6-7(2)3/h7-9H,4-6H2,1-3H3/t8-/m0/s1. The van der Waals surface area contributed by atoms with Crippen molar-refractivity contribution in [3.63, 3.8) is 0 Å². The molecule has 1 N–H and O–H groups in total. The van der Waals surface area contributed by atoms with Gasteiger partial charge in [-0.2, -0.15) is 0 Å². The molecule has 0 aliphatic carbocycles. The molecule has 56 valence electrons. The monoisotopic (exact) mass is 130 g/mol. The van der Waals surface area contributed by atoms with Crippen LogP contribution in [0.15, 0.2) is 0 Å². The van der Waals surface area contributed by atoms with E-state index in [2.05, 4.69) is 20.8 Å². The molecule has 0 rings (SSSR count). The number of hydrogen-bond acceptors (Lipinski definition) is 1. The summed E-state index contributed by atoms with van der Waals surface area (Å²) in [6.07, 6.45) is 2.94. The molecule has 0 bridgehead atoms. The summed E-state index contributed by atoms with van der Waals surface area (Å²) in [5, 5.41) is 9.22. The average molecular weight is 130 g/mol. The molecule has 1 nitrogen and oxygen atoms in total. The largest absolute Gasteiger partial charge is 0.393 e. The van der Waals surface area contributed by atoms with Crippen LogP contribution in [0.4, 0.5) is 0 Å². The normalized spacial score (nSPS) is 14.3. The Labute approximate surface area is 58.1 Å². The highest BCUT2D eigenvalue weighted by Crippen LogP contribution is 2.08. The Bertz CT molecular complexity index is 59.6. The summed E-state index contributed by atoms with van der Waals surface area (Å²) in [4.78, 5) is 0. The molecular formula is C8H18O. The Morgan fingerprint density at radius 2 is 1.89 bits per heavy atom. The van der Waals surface area contributed by atoms with Crippen LogP contribution in [0.2, 0.25) is 0 Å². The van der Waals surface area contributed by atoms with Crippen LogP contribution in [0.1, 0.15) is 40.0 Å². The molecule has 0 spiro atoms. The van der Waals surface area contributed by atoms with Gasteiger partial charge in [0.25, 0.3) is 0 Å². The SMILES string of the molecule is CCC[C@H](O)CC(C)C. The molecule has 0 fully saturated rings. The Balaban J connectivity index is 3.15. The summed E-state index contributed by atoms with van der Waals surface area (Å²) in [6.45, 7) is 6.38. The van der Waals surface area contributed by atoms with E-state index in [1.807, 2.05) is 0 Å². The van der Waals surface area contributed by atoms with E-state index in [1.165, 1.54) is 0 Å². The van der Waals surface area contributed by atoms with Gasteiger partial charge in [0, 0.05) is 0 Å². The van der Waals surface area contributed by atoms with Gasteiger partial charge in [0.2, 0.25) is 0 Å². The molecule has 1 atom stereocenters. The van der Waals surface area contributed by atoms with Crippen molar-refractivity contribution >= 4 is 0 Å². The van der Waals surface area contributed by atoms with Crippen molar-refractivity contribution in [1.29, 1.82) is 0 Å². The van der Waals surface area contributed by atoms with Crippen LogP contribution in [0.5, 0.6) is 0 Å². The molecule has 0 aromatic rings.